The molecule has 2 heterocycles. The van der Waals surface area contributed by atoms with Gasteiger partial charge in [0.25, 0.3) is 0 Å². The molecule has 1 aliphatic heterocycles. The predicted molar refractivity (Wildman–Crippen MR) is 90.1 cm³/mol. The average Bonchev–Trinajstić information content (AvgIpc) is 3.23. The van der Waals surface area contributed by atoms with Crippen molar-refractivity contribution in [2.24, 2.45) is 0 Å². The molecule has 1 atom stereocenters. The quantitative estimate of drug-likeness (QED) is 0.774. The van der Waals surface area contributed by atoms with Crippen molar-refractivity contribution >= 4 is 17.6 Å². The van der Waals surface area contributed by atoms with Crippen LogP contribution in [-0.4, -0.2) is 35.2 Å². The lowest BCUT2D eigenvalue weighted by atomic mass is 10.1. The number of amides is 1. The fraction of sp³-hybridized carbons (Fsp3) is 0.444. The monoisotopic (exact) mass is 343 g/mol. The molecule has 0 bridgehead atoms. The summed E-state index contributed by atoms with van der Waals surface area (Å²) in [6, 6.07) is 6.90. The third-order valence-corrected chi connectivity index (χ3v) is 4.27. The number of para-hydroxylation sites is 1. The van der Waals surface area contributed by atoms with Crippen LogP contribution in [0.25, 0.3) is 0 Å². The smallest absolute Gasteiger partial charge is 0.329 e. The molecule has 7 nitrogen and oxygen atoms in total. The molecule has 1 aromatic carbocycles. The van der Waals surface area contributed by atoms with E-state index in [4.69, 9.17) is 9.26 Å². The number of aryl methyl sites for hydroxylation is 1. The highest BCUT2D eigenvalue weighted by molar-refractivity contribution is 6.02. The van der Waals surface area contributed by atoms with Gasteiger partial charge in [-0.15, -0.1) is 0 Å². The first-order valence-electron chi connectivity index (χ1n) is 8.31. The van der Waals surface area contributed by atoms with Gasteiger partial charge in [-0.3, -0.25) is 9.69 Å². The standard InChI is InChI=1S/C18H21N3O4/c1-11(2)17-19-15(25-20-17)8-9-16(22)21-13-7-5-4-6-12(13)10-14(21)18(23)24-3/h4-7,11,14H,8-10H2,1-3H3. The molecule has 0 aliphatic carbocycles. The van der Waals surface area contributed by atoms with Gasteiger partial charge in [-0.05, 0) is 11.6 Å². The van der Waals surface area contributed by atoms with Crippen LogP contribution >= 0.6 is 0 Å². The minimum absolute atomic E-state index is 0.162. The van der Waals surface area contributed by atoms with Crippen molar-refractivity contribution in [3.05, 3.63) is 41.5 Å². The van der Waals surface area contributed by atoms with Crippen LogP contribution in [0.2, 0.25) is 0 Å². The molecule has 1 aromatic heterocycles. The summed E-state index contributed by atoms with van der Waals surface area (Å²) in [6.45, 7) is 3.95. The zero-order chi connectivity index (χ0) is 18.0. The van der Waals surface area contributed by atoms with Gasteiger partial charge >= 0.3 is 5.97 Å². The van der Waals surface area contributed by atoms with Crippen molar-refractivity contribution in [3.8, 4) is 0 Å². The first-order valence-corrected chi connectivity index (χ1v) is 8.31. The highest BCUT2D eigenvalue weighted by Gasteiger charge is 2.38. The Balaban J connectivity index is 1.75. The van der Waals surface area contributed by atoms with Crippen LogP contribution < -0.4 is 4.90 Å². The van der Waals surface area contributed by atoms with E-state index >= 15 is 0 Å². The zero-order valence-corrected chi connectivity index (χ0v) is 14.6. The number of esters is 1. The van der Waals surface area contributed by atoms with E-state index in [2.05, 4.69) is 10.1 Å². The molecule has 3 rings (SSSR count). The number of benzene rings is 1. The second-order valence-corrected chi connectivity index (χ2v) is 6.34. The molecule has 0 spiro atoms. The van der Waals surface area contributed by atoms with Crippen LogP contribution in [0.4, 0.5) is 5.69 Å². The van der Waals surface area contributed by atoms with Crippen molar-refractivity contribution < 1.29 is 18.8 Å². The maximum absolute atomic E-state index is 12.8. The fourth-order valence-corrected chi connectivity index (χ4v) is 2.96. The molecule has 0 saturated carbocycles. The Morgan fingerprint density at radius 3 is 2.80 bits per heavy atom. The van der Waals surface area contributed by atoms with E-state index < -0.39 is 12.0 Å². The highest BCUT2D eigenvalue weighted by Crippen LogP contribution is 2.33. The second-order valence-electron chi connectivity index (χ2n) is 6.34. The summed E-state index contributed by atoms with van der Waals surface area (Å²) in [5, 5.41) is 3.90. The van der Waals surface area contributed by atoms with Crippen molar-refractivity contribution in [1.29, 1.82) is 0 Å². The Hall–Kier alpha value is -2.70. The zero-order valence-electron chi connectivity index (χ0n) is 14.6. The van der Waals surface area contributed by atoms with E-state index in [1.54, 1.807) is 0 Å². The lowest BCUT2D eigenvalue weighted by molar-refractivity contribution is -0.143. The molecule has 132 valence electrons. The minimum atomic E-state index is -0.621. The summed E-state index contributed by atoms with van der Waals surface area (Å²) < 4.78 is 10.0. The Morgan fingerprint density at radius 2 is 2.12 bits per heavy atom. The number of anilines is 1. The minimum Gasteiger partial charge on any atom is -0.467 e. The number of nitrogens with zero attached hydrogens (tertiary/aromatic N) is 3. The lowest BCUT2D eigenvalue weighted by Gasteiger charge is -2.23. The van der Waals surface area contributed by atoms with Gasteiger partial charge in [-0.25, -0.2) is 4.79 Å². The van der Waals surface area contributed by atoms with Gasteiger partial charge in [0.1, 0.15) is 6.04 Å². The summed E-state index contributed by atoms with van der Waals surface area (Å²) in [5.41, 5.74) is 1.72. The van der Waals surface area contributed by atoms with Gasteiger partial charge in [-0.2, -0.15) is 4.98 Å². The van der Waals surface area contributed by atoms with Crippen molar-refractivity contribution in [3.63, 3.8) is 0 Å². The van der Waals surface area contributed by atoms with Crippen molar-refractivity contribution in [2.45, 2.75) is 45.1 Å². The SMILES string of the molecule is COC(=O)C1Cc2ccccc2N1C(=O)CCc1nc(C(C)C)no1. The van der Waals surface area contributed by atoms with Gasteiger partial charge in [0.05, 0.1) is 7.11 Å². The van der Waals surface area contributed by atoms with Gasteiger partial charge in [-0.1, -0.05) is 37.2 Å². The molecule has 1 aliphatic rings. The Labute approximate surface area is 146 Å². The Kier molecular flexibility index (Phi) is 4.83. The third-order valence-electron chi connectivity index (χ3n) is 4.27. The van der Waals surface area contributed by atoms with Gasteiger partial charge in [0.15, 0.2) is 5.82 Å². The number of aromatic nitrogens is 2. The van der Waals surface area contributed by atoms with Crippen LogP contribution in [0.5, 0.6) is 0 Å². The fourth-order valence-electron chi connectivity index (χ4n) is 2.96. The van der Waals surface area contributed by atoms with Crippen LogP contribution in [0.1, 0.15) is 43.5 Å². The van der Waals surface area contributed by atoms with Crippen molar-refractivity contribution in [1.82, 2.24) is 10.1 Å². The van der Waals surface area contributed by atoms with Crippen LogP contribution in [0.15, 0.2) is 28.8 Å². The molecular formula is C18H21N3O4. The number of carbonyl (C=O) groups excluding carboxylic acids is 2. The summed E-state index contributed by atoms with van der Waals surface area (Å²) in [5.74, 6) is 0.650. The Morgan fingerprint density at radius 1 is 1.36 bits per heavy atom. The first kappa shape index (κ1) is 17.1. The largest absolute Gasteiger partial charge is 0.467 e. The van der Waals surface area contributed by atoms with Crippen LogP contribution in [-0.2, 0) is 27.2 Å². The molecule has 0 fully saturated rings. The molecule has 25 heavy (non-hydrogen) atoms. The molecule has 2 aromatic rings. The summed E-state index contributed by atoms with van der Waals surface area (Å²) >= 11 is 0. The lowest BCUT2D eigenvalue weighted by Crippen LogP contribution is -2.43. The van der Waals surface area contributed by atoms with Crippen LogP contribution in [0, 0.1) is 0 Å². The second kappa shape index (κ2) is 7.04. The van der Waals surface area contributed by atoms with E-state index in [1.807, 2.05) is 38.1 Å². The van der Waals surface area contributed by atoms with E-state index in [0.717, 1.165) is 11.3 Å². The maximum atomic E-state index is 12.8. The molecule has 0 radical (unpaired) electrons. The summed E-state index contributed by atoms with van der Waals surface area (Å²) in [7, 11) is 1.33. The number of ether oxygens (including phenoxy) is 1. The molecule has 0 saturated heterocycles. The van der Waals surface area contributed by atoms with E-state index in [-0.39, 0.29) is 18.2 Å². The number of rotatable bonds is 5. The molecule has 0 N–H and O–H groups in total. The number of hydrogen-bond acceptors (Lipinski definition) is 6. The van der Waals surface area contributed by atoms with Gasteiger partial charge in [0.2, 0.25) is 11.8 Å². The summed E-state index contributed by atoms with van der Waals surface area (Å²) in [6.07, 6.45) is 0.985. The predicted octanol–water partition coefficient (Wildman–Crippen LogP) is 2.26. The number of carbonyl (C=O) groups is 2. The Bertz CT molecular complexity index is 784. The first-order chi connectivity index (χ1) is 12.0. The third kappa shape index (κ3) is 3.40. The average molecular weight is 343 g/mol. The van der Waals surface area contributed by atoms with Gasteiger partial charge < -0.3 is 9.26 Å². The number of hydrogen-bond donors (Lipinski definition) is 0. The molecule has 1 amide bonds. The van der Waals surface area contributed by atoms with Crippen molar-refractivity contribution in [2.75, 3.05) is 12.0 Å². The normalized spacial score (nSPS) is 16.2. The number of methoxy groups -OCH3 is 1. The number of fused-ring (bicyclic) bond motifs is 1. The van der Waals surface area contributed by atoms with Gasteiger partial charge in [0, 0.05) is 30.9 Å². The van der Waals surface area contributed by atoms with E-state index in [9.17, 15) is 9.59 Å². The molecule has 7 heteroatoms. The maximum Gasteiger partial charge on any atom is 0.329 e. The van der Waals surface area contributed by atoms with E-state index in [0.29, 0.717) is 24.6 Å². The topological polar surface area (TPSA) is 85.5 Å². The molecule has 1 unspecified atom stereocenters. The summed E-state index contributed by atoms with van der Waals surface area (Å²) in [4.78, 5) is 30.7. The van der Waals surface area contributed by atoms with E-state index in [1.165, 1.54) is 12.0 Å². The highest BCUT2D eigenvalue weighted by atomic mass is 16.5. The van der Waals surface area contributed by atoms with Crippen LogP contribution in [0.3, 0.4) is 0 Å². The molecular weight excluding hydrogens is 322 g/mol.